The number of carbonyl (C=O) groups excluding carboxylic acids is 2. The molecule has 1 aromatic heterocycles. The van der Waals surface area contributed by atoms with E-state index in [1.807, 2.05) is 43.3 Å². The molecule has 0 N–H and O–H groups in total. The lowest BCUT2D eigenvalue weighted by atomic mass is 10.1. The van der Waals surface area contributed by atoms with E-state index in [0.29, 0.717) is 23.0 Å². The number of thioether (sulfide) groups is 1. The third-order valence-electron chi connectivity index (χ3n) is 4.83. The number of hydrogen-bond acceptors (Lipinski definition) is 7. The van der Waals surface area contributed by atoms with Crippen LogP contribution in [0.15, 0.2) is 57.9 Å². The Bertz CT molecular complexity index is 1080. The number of hydrogen-bond donors (Lipinski definition) is 0. The largest absolute Gasteiger partial charge is 0.452 e. The maximum Gasteiger partial charge on any atom is 0.339 e. The average molecular weight is 423 g/mol. The van der Waals surface area contributed by atoms with Crippen molar-refractivity contribution < 1.29 is 18.8 Å². The zero-order valence-electron chi connectivity index (χ0n) is 16.7. The van der Waals surface area contributed by atoms with Crippen LogP contribution < -0.4 is 4.90 Å². The highest BCUT2D eigenvalue weighted by Gasteiger charge is 2.31. The molecule has 3 aromatic rings. The molecule has 1 unspecified atom stereocenters. The summed E-state index contributed by atoms with van der Waals surface area (Å²) in [6.07, 6.45) is 0.796. The highest BCUT2D eigenvalue weighted by Crippen LogP contribution is 2.32. The van der Waals surface area contributed by atoms with Crippen molar-refractivity contribution in [2.45, 2.75) is 37.0 Å². The van der Waals surface area contributed by atoms with Crippen molar-refractivity contribution in [3.05, 3.63) is 71.4 Å². The Morgan fingerprint density at radius 2 is 1.97 bits per heavy atom. The van der Waals surface area contributed by atoms with E-state index >= 15 is 0 Å². The summed E-state index contributed by atoms with van der Waals surface area (Å²) in [4.78, 5) is 32.0. The summed E-state index contributed by atoms with van der Waals surface area (Å²) >= 11 is 1.40. The van der Waals surface area contributed by atoms with Gasteiger partial charge in [-0.1, -0.05) is 35.5 Å². The molecule has 154 valence electrons. The number of aromatic nitrogens is 2. The number of nitrogens with zero attached hydrogens (tertiary/aromatic N) is 3. The highest BCUT2D eigenvalue weighted by atomic mass is 32.2. The second-order valence-electron chi connectivity index (χ2n) is 7.04. The molecule has 0 fully saturated rings. The second kappa shape index (κ2) is 8.71. The van der Waals surface area contributed by atoms with Gasteiger partial charge in [-0.15, -0.1) is 11.8 Å². The van der Waals surface area contributed by atoms with E-state index in [9.17, 15) is 9.59 Å². The summed E-state index contributed by atoms with van der Waals surface area (Å²) in [7, 11) is 0. The van der Waals surface area contributed by atoms with Gasteiger partial charge in [0.25, 0.3) is 5.91 Å². The Labute approximate surface area is 178 Å². The first-order chi connectivity index (χ1) is 14.5. The van der Waals surface area contributed by atoms with Gasteiger partial charge in [-0.05, 0) is 44.0 Å². The lowest BCUT2D eigenvalue weighted by molar-refractivity contribution is -0.122. The first-order valence-electron chi connectivity index (χ1n) is 9.61. The molecule has 1 atom stereocenters. The number of rotatable bonds is 6. The van der Waals surface area contributed by atoms with E-state index in [0.717, 1.165) is 22.6 Å². The normalized spacial score (nSPS) is 15.1. The molecular weight excluding hydrogens is 402 g/mol. The number of benzene rings is 2. The second-order valence-corrected chi connectivity index (χ2v) is 8.06. The summed E-state index contributed by atoms with van der Waals surface area (Å²) in [5.74, 6) is 0.721. The van der Waals surface area contributed by atoms with Crippen molar-refractivity contribution in [1.29, 1.82) is 0 Å². The minimum atomic E-state index is -0.534. The van der Waals surface area contributed by atoms with Crippen LogP contribution in [0.3, 0.4) is 0 Å². The summed E-state index contributed by atoms with van der Waals surface area (Å²) < 4.78 is 10.5. The smallest absolute Gasteiger partial charge is 0.339 e. The van der Waals surface area contributed by atoms with Crippen molar-refractivity contribution in [3.63, 3.8) is 0 Å². The molecule has 0 saturated carbocycles. The lowest BCUT2D eigenvalue weighted by Crippen LogP contribution is -2.38. The molecule has 0 aliphatic carbocycles. The van der Waals surface area contributed by atoms with Gasteiger partial charge in [0.15, 0.2) is 12.4 Å². The SMILES string of the molecule is Cc1noc(CSc2ccccc2C(=O)OCC(=O)N2c3ccccc3CC2C)n1. The van der Waals surface area contributed by atoms with Gasteiger partial charge in [0.1, 0.15) is 0 Å². The van der Waals surface area contributed by atoms with Crippen LogP contribution in [-0.4, -0.2) is 34.7 Å². The molecule has 1 aliphatic heterocycles. The van der Waals surface area contributed by atoms with Gasteiger partial charge < -0.3 is 14.2 Å². The number of fused-ring (bicyclic) bond motifs is 1. The van der Waals surface area contributed by atoms with Crippen LogP contribution in [0.25, 0.3) is 0 Å². The number of amides is 1. The summed E-state index contributed by atoms with van der Waals surface area (Å²) in [6, 6.07) is 14.9. The molecule has 2 heterocycles. The fourth-order valence-corrected chi connectivity index (χ4v) is 4.40. The van der Waals surface area contributed by atoms with Crippen molar-refractivity contribution >= 4 is 29.3 Å². The Kier molecular flexibility index (Phi) is 5.85. The zero-order valence-corrected chi connectivity index (χ0v) is 17.5. The molecule has 2 aromatic carbocycles. The lowest BCUT2D eigenvalue weighted by Gasteiger charge is -2.22. The van der Waals surface area contributed by atoms with E-state index in [1.165, 1.54) is 11.8 Å². The van der Waals surface area contributed by atoms with E-state index in [1.54, 1.807) is 24.0 Å². The van der Waals surface area contributed by atoms with E-state index in [2.05, 4.69) is 10.1 Å². The molecule has 30 heavy (non-hydrogen) atoms. The minimum absolute atomic E-state index is 0.0364. The fourth-order valence-electron chi connectivity index (χ4n) is 3.52. The van der Waals surface area contributed by atoms with Crippen LogP contribution in [0.2, 0.25) is 0 Å². The Hall–Kier alpha value is -3.13. The van der Waals surface area contributed by atoms with Crippen molar-refractivity contribution in [2.24, 2.45) is 0 Å². The van der Waals surface area contributed by atoms with Gasteiger partial charge in [-0.2, -0.15) is 4.98 Å². The third-order valence-corrected chi connectivity index (χ3v) is 5.89. The summed E-state index contributed by atoms with van der Waals surface area (Å²) in [5.41, 5.74) is 2.42. The Balaban J connectivity index is 1.40. The first kappa shape index (κ1) is 20.2. The van der Waals surface area contributed by atoms with Crippen molar-refractivity contribution in [3.8, 4) is 0 Å². The van der Waals surface area contributed by atoms with Crippen molar-refractivity contribution in [2.75, 3.05) is 11.5 Å². The molecule has 7 nitrogen and oxygen atoms in total. The first-order valence-corrected chi connectivity index (χ1v) is 10.6. The average Bonchev–Trinajstić information content (AvgIpc) is 3.32. The number of esters is 1. The molecule has 0 radical (unpaired) electrons. The quantitative estimate of drug-likeness (QED) is 0.440. The van der Waals surface area contributed by atoms with E-state index in [4.69, 9.17) is 9.26 Å². The maximum atomic E-state index is 12.8. The van der Waals surface area contributed by atoms with Crippen LogP contribution in [-0.2, 0) is 21.7 Å². The van der Waals surface area contributed by atoms with Crippen molar-refractivity contribution in [1.82, 2.24) is 10.1 Å². The third kappa shape index (κ3) is 4.23. The predicted molar refractivity (Wildman–Crippen MR) is 112 cm³/mol. The molecular formula is C22H21N3O4S. The number of para-hydroxylation sites is 1. The molecule has 1 amide bonds. The van der Waals surface area contributed by atoms with Crippen LogP contribution in [0.1, 0.15) is 34.6 Å². The molecule has 0 spiro atoms. The molecule has 0 bridgehead atoms. The molecule has 0 saturated heterocycles. The van der Waals surface area contributed by atoms with Gasteiger partial charge >= 0.3 is 5.97 Å². The molecule has 1 aliphatic rings. The Morgan fingerprint density at radius 1 is 1.20 bits per heavy atom. The van der Waals surface area contributed by atoms with Crippen LogP contribution in [0.5, 0.6) is 0 Å². The monoisotopic (exact) mass is 423 g/mol. The maximum absolute atomic E-state index is 12.8. The summed E-state index contributed by atoms with van der Waals surface area (Å²) in [5, 5.41) is 3.76. The summed E-state index contributed by atoms with van der Waals surface area (Å²) in [6.45, 7) is 3.43. The number of ether oxygens (including phenoxy) is 1. The number of aryl methyl sites for hydroxylation is 1. The van der Waals surface area contributed by atoms with Gasteiger partial charge in [0.2, 0.25) is 5.89 Å². The topological polar surface area (TPSA) is 85.5 Å². The molecule has 4 rings (SSSR count). The molecule has 8 heteroatoms. The van der Waals surface area contributed by atoms with Gasteiger partial charge in [0, 0.05) is 16.6 Å². The number of anilines is 1. The Morgan fingerprint density at radius 3 is 2.77 bits per heavy atom. The fraction of sp³-hybridized carbons (Fsp3) is 0.273. The van der Waals surface area contributed by atoms with Crippen LogP contribution in [0, 0.1) is 6.92 Å². The van der Waals surface area contributed by atoms with E-state index in [-0.39, 0.29) is 18.6 Å². The van der Waals surface area contributed by atoms with Crippen LogP contribution in [0.4, 0.5) is 5.69 Å². The van der Waals surface area contributed by atoms with E-state index < -0.39 is 5.97 Å². The zero-order chi connectivity index (χ0) is 21.1. The predicted octanol–water partition coefficient (Wildman–Crippen LogP) is 3.80. The van der Waals surface area contributed by atoms with Gasteiger partial charge in [0.05, 0.1) is 11.3 Å². The van der Waals surface area contributed by atoms with Gasteiger partial charge in [-0.25, -0.2) is 4.79 Å². The minimum Gasteiger partial charge on any atom is -0.452 e. The number of carbonyl (C=O) groups is 2. The standard InChI is InChI=1S/C22H21N3O4S/c1-14-11-16-7-3-5-9-18(16)25(14)21(26)12-28-22(27)17-8-4-6-10-19(17)30-13-20-23-15(2)24-29-20/h3-10,14H,11-13H2,1-2H3. The highest BCUT2D eigenvalue weighted by molar-refractivity contribution is 7.98. The van der Waals surface area contributed by atoms with Gasteiger partial charge in [-0.3, -0.25) is 4.79 Å². The van der Waals surface area contributed by atoms with Crippen LogP contribution >= 0.6 is 11.8 Å².